The molecule has 0 aromatic heterocycles. The maximum atomic E-state index is 3.23. The second-order valence-corrected chi connectivity index (χ2v) is 3.83. The minimum absolute atomic E-state index is 0.167. The maximum absolute atomic E-state index is 3.23. The van der Waals surface area contributed by atoms with Crippen LogP contribution in [0.5, 0.6) is 0 Å². The van der Waals surface area contributed by atoms with Gasteiger partial charge < -0.3 is 0 Å². The van der Waals surface area contributed by atoms with Crippen molar-refractivity contribution in [1.29, 1.82) is 0 Å². The molecule has 0 aliphatic heterocycles. The zero-order chi connectivity index (χ0) is 11.2. The largest absolute Gasteiger partial charge is 0.0862 e. The Morgan fingerprint density at radius 2 is 1.19 bits per heavy atom. The van der Waals surface area contributed by atoms with E-state index in [1.165, 1.54) is 11.1 Å². The summed E-state index contributed by atoms with van der Waals surface area (Å²) in [6.45, 7) is 0. The van der Waals surface area contributed by atoms with Gasteiger partial charge in [-0.25, -0.2) is 0 Å². The van der Waals surface area contributed by atoms with Gasteiger partial charge in [-0.1, -0.05) is 81.5 Å². The van der Waals surface area contributed by atoms with Crippen LogP contribution >= 0.6 is 9.24 Å². The Kier molecular flexibility index (Phi) is 3.76. The summed E-state index contributed by atoms with van der Waals surface area (Å²) in [6, 6.07) is 20.7. The van der Waals surface area contributed by atoms with Gasteiger partial charge in [0.25, 0.3) is 0 Å². The van der Waals surface area contributed by atoms with Crippen LogP contribution in [-0.4, -0.2) is 0 Å². The van der Waals surface area contributed by atoms with Crippen molar-refractivity contribution in [3.05, 3.63) is 71.8 Å². The Balaban J connectivity index is 2.42. The van der Waals surface area contributed by atoms with Gasteiger partial charge in [0.1, 0.15) is 0 Å². The summed E-state index contributed by atoms with van der Waals surface area (Å²) in [6.07, 6.45) is 0. The van der Waals surface area contributed by atoms with E-state index in [2.05, 4.69) is 69.4 Å². The van der Waals surface area contributed by atoms with Crippen molar-refractivity contribution in [3.63, 3.8) is 0 Å². The third-order valence-electron chi connectivity index (χ3n) is 2.49. The Hall–Kier alpha value is -1.57. The number of benzene rings is 2. The highest BCUT2D eigenvalue weighted by atomic mass is 31.0. The summed E-state index contributed by atoms with van der Waals surface area (Å²) < 4.78 is 0. The Bertz CT molecular complexity index is 452. The first kappa shape index (κ1) is 10.9. The second kappa shape index (κ2) is 5.50. The van der Waals surface area contributed by atoms with Gasteiger partial charge in [0.15, 0.2) is 0 Å². The fourth-order valence-electron chi connectivity index (χ4n) is 1.73. The van der Waals surface area contributed by atoms with Gasteiger partial charge >= 0.3 is 0 Å². The lowest BCUT2D eigenvalue weighted by atomic mass is 9.92. The topological polar surface area (TPSA) is 0 Å². The van der Waals surface area contributed by atoms with E-state index in [-0.39, 0.29) is 5.92 Å². The Labute approximate surface area is 98.9 Å². The Morgan fingerprint density at radius 3 is 1.56 bits per heavy atom. The molecule has 1 heteroatoms. The van der Waals surface area contributed by atoms with E-state index in [1.54, 1.807) is 0 Å². The second-order valence-electron chi connectivity index (χ2n) is 3.54. The van der Waals surface area contributed by atoms with E-state index >= 15 is 0 Å². The molecule has 2 rings (SSSR count). The van der Waals surface area contributed by atoms with Crippen molar-refractivity contribution in [1.82, 2.24) is 0 Å². The average molecular weight is 224 g/mol. The smallest absolute Gasteiger partial charge is 0.0705 e. The number of hydrogen-bond donors (Lipinski definition) is 0. The van der Waals surface area contributed by atoms with Crippen LogP contribution in [0.15, 0.2) is 60.7 Å². The number of rotatable bonds is 2. The molecule has 2 aromatic rings. The molecule has 1 atom stereocenters. The molecule has 0 saturated carbocycles. The fraction of sp³-hybridized carbons (Fsp3) is 0.0667. The summed E-state index contributed by atoms with van der Waals surface area (Å²) >= 11 is 0. The first-order valence-corrected chi connectivity index (χ1v) is 5.80. The predicted octanol–water partition coefficient (Wildman–Crippen LogP) is 3.65. The average Bonchev–Trinajstić information content (AvgIpc) is 2.38. The molecule has 0 aliphatic rings. The van der Waals surface area contributed by atoms with Crippen LogP contribution in [0.1, 0.15) is 17.0 Å². The molecule has 2 aromatic carbocycles. The van der Waals surface area contributed by atoms with Crippen LogP contribution in [0.3, 0.4) is 0 Å². The molecule has 0 spiro atoms. The molecule has 16 heavy (non-hydrogen) atoms. The van der Waals surface area contributed by atoms with Crippen molar-refractivity contribution in [2.24, 2.45) is 0 Å². The van der Waals surface area contributed by atoms with Gasteiger partial charge in [0.05, 0.1) is 5.92 Å². The highest BCUT2D eigenvalue weighted by Crippen LogP contribution is 2.23. The lowest BCUT2D eigenvalue weighted by molar-refractivity contribution is 1.06. The molecule has 0 bridgehead atoms. The van der Waals surface area contributed by atoms with E-state index in [9.17, 15) is 0 Å². The third-order valence-corrected chi connectivity index (χ3v) is 2.66. The fourth-order valence-corrected chi connectivity index (χ4v) is 1.90. The van der Waals surface area contributed by atoms with Crippen molar-refractivity contribution in [2.75, 3.05) is 0 Å². The molecule has 0 radical (unpaired) electrons. The molecule has 0 aliphatic carbocycles. The summed E-state index contributed by atoms with van der Waals surface area (Å²) in [5, 5.41) is 0. The van der Waals surface area contributed by atoms with E-state index < -0.39 is 0 Å². The van der Waals surface area contributed by atoms with Crippen molar-refractivity contribution < 1.29 is 0 Å². The quantitative estimate of drug-likeness (QED) is 0.539. The SMILES string of the molecule is PC#CC(c1ccccc1)c1ccccc1. The first-order valence-electron chi connectivity index (χ1n) is 5.23. The lowest BCUT2D eigenvalue weighted by Gasteiger charge is -2.11. The summed E-state index contributed by atoms with van der Waals surface area (Å²) in [5.74, 6) is 3.39. The van der Waals surface area contributed by atoms with Crippen LogP contribution in [0.4, 0.5) is 0 Å². The van der Waals surface area contributed by atoms with Crippen LogP contribution < -0.4 is 0 Å². The lowest BCUT2D eigenvalue weighted by Crippen LogP contribution is -1.97. The highest BCUT2D eigenvalue weighted by Gasteiger charge is 2.09. The monoisotopic (exact) mass is 224 g/mol. The molecule has 0 fully saturated rings. The minimum Gasteiger partial charge on any atom is -0.0862 e. The zero-order valence-electron chi connectivity index (χ0n) is 8.93. The molecule has 0 nitrogen and oxygen atoms in total. The van der Waals surface area contributed by atoms with Gasteiger partial charge in [-0.3, -0.25) is 0 Å². The first-order chi connectivity index (χ1) is 7.92. The van der Waals surface area contributed by atoms with Crippen LogP contribution in [0.2, 0.25) is 0 Å². The van der Waals surface area contributed by atoms with E-state index in [4.69, 9.17) is 0 Å². The molecular weight excluding hydrogens is 211 g/mol. The zero-order valence-corrected chi connectivity index (χ0v) is 10.1. The predicted molar refractivity (Wildman–Crippen MR) is 72.2 cm³/mol. The van der Waals surface area contributed by atoms with Gasteiger partial charge in [-0.15, -0.1) is 0 Å². The summed E-state index contributed by atoms with van der Waals surface area (Å²) in [5.41, 5.74) is 5.41. The molecule has 78 valence electrons. The highest BCUT2D eigenvalue weighted by molar-refractivity contribution is 7.23. The maximum Gasteiger partial charge on any atom is 0.0705 e. The van der Waals surface area contributed by atoms with Gasteiger partial charge in [0.2, 0.25) is 0 Å². The van der Waals surface area contributed by atoms with Gasteiger partial charge in [0, 0.05) is 0 Å². The van der Waals surface area contributed by atoms with Crippen molar-refractivity contribution >= 4 is 9.24 Å². The summed E-state index contributed by atoms with van der Waals surface area (Å²) in [7, 11) is 2.46. The molecule has 1 unspecified atom stereocenters. The normalized spacial score (nSPS) is 9.62. The summed E-state index contributed by atoms with van der Waals surface area (Å²) in [4.78, 5) is 0. The Morgan fingerprint density at radius 1 is 0.750 bits per heavy atom. The van der Waals surface area contributed by atoms with Gasteiger partial charge in [-0.2, -0.15) is 0 Å². The number of hydrogen-bond acceptors (Lipinski definition) is 0. The molecule has 0 saturated heterocycles. The molecule has 0 N–H and O–H groups in total. The molecule has 0 heterocycles. The van der Waals surface area contributed by atoms with E-state index in [1.807, 2.05) is 12.1 Å². The standard InChI is InChI=1S/C15H13P/c16-12-11-15(13-7-3-1-4-8-13)14-9-5-2-6-10-14/h1-10,15H,16H2. The molecular formula is C15H13P. The van der Waals surface area contributed by atoms with E-state index in [0.29, 0.717) is 0 Å². The van der Waals surface area contributed by atoms with Crippen LogP contribution in [-0.2, 0) is 0 Å². The van der Waals surface area contributed by atoms with Crippen molar-refractivity contribution in [2.45, 2.75) is 5.92 Å². The van der Waals surface area contributed by atoms with E-state index in [0.717, 1.165) is 0 Å². The molecule has 0 amide bonds. The van der Waals surface area contributed by atoms with Crippen LogP contribution in [0, 0.1) is 11.6 Å². The third kappa shape index (κ3) is 2.51. The van der Waals surface area contributed by atoms with Crippen LogP contribution in [0.25, 0.3) is 0 Å². The van der Waals surface area contributed by atoms with Gasteiger partial charge in [-0.05, 0) is 11.1 Å². The minimum atomic E-state index is 0.167. The van der Waals surface area contributed by atoms with Crippen molar-refractivity contribution in [3.8, 4) is 11.6 Å².